The number of Topliss-reactive ketones (excluding diaryl/α,β-unsaturated/α-hetero) is 1. The third-order valence-electron chi connectivity index (χ3n) is 1.71. The maximum absolute atomic E-state index is 11.4. The first-order valence-corrected chi connectivity index (χ1v) is 3.80. The summed E-state index contributed by atoms with van der Waals surface area (Å²) in [5, 5.41) is 8.57. The Morgan fingerprint density at radius 1 is 1.54 bits per heavy atom. The van der Waals surface area contributed by atoms with Crippen LogP contribution in [0.3, 0.4) is 0 Å². The molecule has 4 nitrogen and oxygen atoms in total. The summed E-state index contributed by atoms with van der Waals surface area (Å²) in [6.45, 7) is 1.36. The first-order valence-electron chi connectivity index (χ1n) is 3.80. The Morgan fingerprint density at radius 2 is 2.23 bits per heavy atom. The number of nitrogens with zero attached hydrogens (tertiary/aromatic N) is 1. The van der Waals surface area contributed by atoms with E-state index >= 15 is 0 Å². The monoisotopic (exact) mass is 179 g/mol. The third kappa shape index (κ3) is 2.11. The lowest BCUT2D eigenvalue weighted by atomic mass is 10.0. The predicted molar refractivity (Wildman–Crippen MR) is 45.4 cm³/mol. The molecule has 0 bridgehead atoms. The molecular formula is C9H9NO3. The molecule has 68 valence electrons. The topological polar surface area (TPSA) is 67.3 Å². The van der Waals surface area contributed by atoms with Crippen LogP contribution in [0.5, 0.6) is 0 Å². The van der Waals surface area contributed by atoms with E-state index in [4.69, 9.17) is 5.11 Å². The van der Waals surface area contributed by atoms with Gasteiger partial charge in [0.15, 0.2) is 5.78 Å². The zero-order valence-electron chi connectivity index (χ0n) is 7.10. The number of carboxylic acids is 1. The third-order valence-corrected chi connectivity index (χ3v) is 1.71. The van der Waals surface area contributed by atoms with Crippen molar-refractivity contribution in [1.29, 1.82) is 0 Å². The molecule has 0 saturated carbocycles. The summed E-state index contributed by atoms with van der Waals surface area (Å²) in [5.41, 5.74) is 0.331. The van der Waals surface area contributed by atoms with Crippen LogP contribution in [0.15, 0.2) is 24.5 Å². The maximum atomic E-state index is 11.4. The minimum atomic E-state index is -1.12. The number of rotatable bonds is 3. The molecule has 1 N–H and O–H groups in total. The number of aromatic nitrogens is 1. The Labute approximate surface area is 75.2 Å². The highest BCUT2D eigenvalue weighted by Crippen LogP contribution is 2.06. The van der Waals surface area contributed by atoms with E-state index in [1.165, 1.54) is 19.3 Å². The molecule has 0 aliphatic heterocycles. The highest BCUT2D eigenvalue weighted by Gasteiger charge is 2.21. The van der Waals surface area contributed by atoms with Gasteiger partial charge in [-0.05, 0) is 19.1 Å². The van der Waals surface area contributed by atoms with Gasteiger partial charge >= 0.3 is 5.97 Å². The maximum Gasteiger partial charge on any atom is 0.314 e. The molecule has 1 atom stereocenters. The van der Waals surface area contributed by atoms with Crippen LogP contribution < -0.4 is 0 Å². The van der Waals surface area contributed by atoms with E-state index in [2.05, 4.69) is 4.98 Å². The highest BCUT2D eigenvalue weighted by atomic mass is 16.4. The molecule has 1 heterocycles. The number of aliphatic carboxylic acids is 1. The summed E-state index contributed by atoms with van der Waals surface area (Å²) < 4.78 is 0. The van der Waals surface area contributed by atoms with E-state index in [1.54, 1.807) is 12.1 Å². The van der Waals surface area contributed by atoms with Gasteiger partial charge in [-0.1, -0.05) is 0 Å². The molecule has 0 amide bonds. The average molecular weight is 179 g/mol. The fraction of sp³-hybridized carbons (Fsp3) is 0.222. The van der Waals surface area contributed by atoms with E-state index < -0.39 is 17.7 Å². The number of carboxylic acid groups (broad SMARTS) is 1. The molecule has 1 unspecified atom stereocenters. The largest absolute Gasteiger partial charge is 0.481 e. The van der Waals surface area contributed by atoms with E-state index in [9.17, 15) is 9.59 Å². The van der Waals surface area contributed by atoms with Crippen molar-refractivity contribution in [1.82, 2.24) is 4.98 Å². The molecule has 1 aromatic heterocycles. The van der Waals surface area contributed by atoms with Crippen molar-refractivity contribution in [3.05, 3.63) is 30.1 Å². The fourth-order valence-corrected chi connectivity index (χ4v) is 0.871. The molecule has 0 spiro atoms. The molecule has 0 radical (unpaired) electrons. The smallest absolute Gasteiger partial charge is 0.314 e. The molecular weight excluding hydrogens is 170 g/mol. The van der Waals surface area contributed by atoms with Crippen molar-refractivity contribution in [2.75, 3.05) is 0 Å². The van der Waals surface area contributed by atoms with Crippen LogP contribution in [0.1, 0.15) is 17.3 Å². The molecule has 0 saturated heterocycles. The van der Waals surface area contributed by atoms with Crippen LogP contribution in [0.25, 0.3) is 0 Å². The van der Waals surface area contributed by atoms with Crippen molar-refractivity contribution < 1.29 is 14.7 Å². The second-order valence-corrected chi connectivity index (χ2v) is 2.67. The molecule has 1 aromatic rings. The van der Waals surface area contributed by atoms with Gasteiger partial charge in [0.05, 0.1) is 0 Å². The minimum absolute atomic E-state index is 0.331. The number of ketones is 1. The Bertz CT molecular complexity index is 321. The Morgan fingerprint density at radius 3 is 2.69 bits per heavy atom. The van der Waals surface area contributed by atoms with Crippen molar-refractivity contribution in [2.24, 2.45) is 5.92 Å². The lowest BCUT2D eigenvalue weighted by Crippen LogP contribution is -2.20. The average Bonchev–Trinajstić information content (AvgIpc) is 2.17. The lowest BCUT2D eigenvalue weighted by Gasteiger charge is -2.03. The van der Waals surface area contributed by atoms with Crippen molar-refractivity contribution >= 4 is 11.8 Å². The van der Waals surface area contributed by atoms with Gasteiger partial charge in [-0.3, -0.25) is 14.6 Å². The lowest BCUT2D eigenvalue weighted by molar-refractivity contribution is -0.139. The van der Waals surface area contributed by atoms with Gasteiger partial charge in [0.2, 0.25) is 0 Å². The van der Waals surface area contributed by atoms with Crippen LogP contribution >= 0.6 is 0 Å². The van der Waals surface area contributed by atoms with Gasteiger partial charge in [-0.25, -0.2) is 0 Å². The summed E-state index contributed by atoms with van der Waals surface area (Å²) in [4.78, 5) is 25.6. The number of carbonyl (C=O) groups excluding carboxylic acids is 1. The number of hydrogen-bond donors (Lipinski definition) is 1. The molecule has 0 aromatic carbocycles. The summed E-state index contributed by atoms with van der Waals surface area (Å²) in [6.07, 6.45) is 2.89. The van der Waals surface area contributed by atoms with Gasteiger partial charge in [0.25, 0.3) is 0 Å². The van der Waals surface area contributed by atoms with E-state index in [0.29, 0.717) is 5.56 Å². The Hall–Kier alpha value is -1.71. The second kappa shape index (κ2) is 3.80. The highest BCUT2D eigenvalue weighted by molar-refractivity contribution is 6.07. The van der Waals surface area contributed by atoms with Crippen LogP contribution in [0, 0.1) is 5.92 Å². The quantitative estimate of drug-likeness (QED) is 0.554. The molecule has 1 rings (SSSR count). The first kappa shape index (κ1) is 9.38. The normalized spacial score (nSPS) is 12.1. The van der Waals surface area contributed by atoms with E-state index in [0.717, 1.165) is 0 Å². The minimum Gasteiger partial charge on any atom is -0.481 e. The van der Waals surface area contributed by atoms with Crippen molar-refractivity contribution in [3.63, 3.8) is 0 Å². The molecule has 0 fully saturated rings. The van der Waals surface area contributed by atoms with Gasteiger partial charge in [0, 0.05) is 18.0 Å². The zero-order valence-corrected chi connectivity index (χ0v) is 7.10. The predicted octanol–water partition coefficient (Wildman–Crippen LogP) is 0.985. The summed E-state index contributed by atoms with van der Waals surface area (Å²) in [6, 6.07) is 3.15. The van der Waals surface area contributed by atoms with Crippen LogP contribution in [-0.2, 0) is 4.79 Å². The molecule has 4 heteroatoms. The first-order chi connectivity index (χ1) is 6.13. The summed E-state index contributed by atoms with van der Waals surface area (Å²) >= 11 is 0. The van der Waals surface area contributed by atoms with Crippen LogP contribution in [0.2, 0.25) is 0 Å². The SMILES string of the molecule is CC(C(=O)O)C(=O)c1cccnc1. The van der Waals surface area contributed by atoms with Crippen LogP contribution in [-0.4, -0.2) is 21.8 Å². The fourth-order valence-electron chi connectivity index (χ4n) is 0.871. The molecule has 0 aliphatic rings. The summed E-state index contributed by atoms with van der Waals surface area (Å²) in [5.74, 6) is -2.54. The number of pyridine rings is 1. The van der Waals surface area contributed by atoms with E-state index in [-0.39, 0.29) is 0 Å². The Balaban J connectivity index is 2.86. The summed E-state index contributed by atoms with van der Waals surface area (Å²) in [7, 11) is 0. The standard InChI is InChI=1S/C9H9NO3/c1-6(9(12)13)8(11)7-3-2-4-10-5-7/h2-6H,1H3,(H,12,13). The van der Waals surface area contributed by atoms with E-state index in [1.807, 2.05) is 0 Å². The number of carbonyl (C=O) groups is 2. The molecule has 0 aliphatic carbocycles. The van der Waals surface area contributed by atoms with Gasteiger partial charge in [-0.15, -0.1) is 0 Å². The Kier molecular flexibility index (Phi) is 2.74. The number of hydrogen-bond acceptors (Lipinski definition) is 3. The van der Waals surface area contributed by atoms with Gasteiger partial charge < -0.3 is 5.11 Å². The van der Waals surface area contributed by atoms with Crippen LogP contribution in [0.4, 0.5) is 0 Å². The van der Waals surface area contributed by atoms with Crippen molar-refractivity contribution in [3.8, 4) is 0 Å². The van der Waals surface area contributed by atoms with Gasteiger partial charge in [-0.2, -0.15) is 0 Å². The molecule has 13 heavy (non-hydrogen) atoms. The van der Waals surface area contributed by atoms with Gasteiger partial charge in [0.1, 0.15) is 5.92 Å². The van der Waals surface area contributed by atoms with Crippen molar-refractivity contribution in [2.45, 2.75) is 6.92 Å². The second-order valence-electron chi connectivity index (χ2n) is 2.67. The zero-order chi connectivity index (χ0) is 9.84.